The molecule has 3 heterocycles. The van der Waals surface area contributed by atoms with Crippen molar-refractivity contribution in [3.8, 4) is 21.7 Å². The van der Waals surface area contributed by atoms with Crippen LogP contribution in [0.2, 0.25) is 0 Å². The van der Waals surface area contributed by atoms with Crippen LogP contribution >= 0.6 is 22.7 Å². The van der Waals surface area contributed by atoms with Crippen LogP contribution in [0.5, 0.6) is 0 Å². The second-order valence-corrected chi connectivity index (χ2v) is 9.07. The van der Waals surface area contributed by atoms with E-state index >= 15 is 0 Å². The number of hydrogen-bond acceptors (Lipinski definition) is 4. The molecule has 0 saturated heterocycles. The van der Waals surface area contributed by atoms with Gasteiger partial charge in [-0.3, -0.25) is 4.21 Å². The van der Waals surface area contributed by atoms with E-state index in [0.717, 1.165) is 41.7 Å². The molecule has 120 valence electrons. The molecule has 0 fully saturated rings. The maximum atomic E-state index is 12.1. The molecule has 0 bridgehead atoms. The fraction of sp³-hybridized carbons (Fsp3) is 0.105. The minimum atomic E-state index is -1.00. The van der Waals surface area contributed by atoms with E-state index in [1.54, 1.807) is 28.9 Å². The zero-order valence-corrected chi connectivity index (χ0v) is 15.7. The maximum Gasteiger partial charge on any atom is 0.126 e. The van der Waals surface area contributed by atoms with Crippen LogP contribution in [0.25, 0.3) is 31.9 Å². The molecule has 0 saturated carbocycles. The number of nitrogens with zero attached hydrogens (tertiary/aromatic N) is 1. The van der Waals surface area contributed by atoms with E-state index in [1.165, 1.54) is 0 Å². The van der Waals surface area contributed by atoms with Gasteiger partial charge in [-0.25, -0.2) is 4.98 Å². The Bertz CT molecular complexity index is 1030. The second kappa shape index (κ2) is 6.24. The molecule has 0 N–H and O–H groups in total. The molecule has 5 heteroatoms. The van der Waals surface area contributed by atoms with Gasteiger partial charge in [0.05, 0.1) is 25.6 Å². The molecule has 0 radical (unpaired) electrons. The first kappa shape index (κ1) is 15.7. The highest BCUT2D eigenvalue weighted by Gasteiger charge is 2.18. The summed E-state index contributed by atoms with van der Waals surface area (Å²) in [6.45, 7) is 2.05. The van der Waals surface area contributed by atoms with Crippen LogP contribution in [0.15, 0.2) is 58.1 Å². The summed E-state index contributed by atoms with van der Waals surface area (Å²) in [6.07, 6.45) is 1.74. The van der Waals surface area contributed by atoms with Gasteiger partial charge < -0.3 is 0 Å². The van der Waals surface area contributed by atoms with Crippen molar-refractivity contribution in [3.05, 3.63) is 59.5 Å². The smallest absolute Gasteiger partial charge is 0.126 e. The molecule has 0 aliphatic carbocycles. The third kappa shape index (κ3) is 2.62. The van der Waals surface area contributed by atoms with Gasteiger partial charge in [-0.2, -0.15) is 0 Å². The summed E-state index contributed by atoms with van der Waals surface area (Å²) in [5.74, 6) is 0. The van der Waals surface area contributed by atoms with Crippen molar-refractivity contribution in [1.82, 2.24) is 4.98 Å². The van der Waals surface area contributed by atoms with E-state index in [0.29, 0.717) is 0 Å². The Labute approximate surface area is 151 Å². The van der Waals surface area contributed by atoms with Gasteiger partial charge in [-0.1, -0.05) is 36.4 Å². The maximum absolute atomic E-state index is 12.1. The Morgan fingerprint density at radius 2 is 1.88 bits per heavy atom. The van der Waals surface area contributed by atoms with Gasteiger partial charge in [0.1, 0.15) is 4.83 Å². The topological polar surface area (TPSA) is 30.0 Å². The average Bonchev–Trinajstić information content (AvgIpc) is 3.23. The zero-order valence-electron chi connectivity index (χ0n) is 13.3. The molecular weight excluding hydrogens is 354 g/mol. The molecule has 4 aromatic rings. The molecular formula is C19H15NOS3. The number of aryl methyl sites for hydroxylation is 1. The minimum Gasteiger partial charge on any atom is -0.254 e. The molecule has 2 nitrogen and oxygen atoms in total. The number of fused-ring (bicyclic) bond motifs is 1. The van der Waals surface area contributed by atoms with E-state index in [4.69, 9.17) is 4.98 Å². The molecule has 1 unspecified atom stereocenters. The molecule has 3 aromatic heterocycles. The van der Waals surface area contributed by atoms with Crippen molar-refractivity contribution in [1.29, 1.82) is 0 Å². The Balaban J connectivity index is 2.08. The molecule has 0 amide bonds. The summed E-state index contributed by atoms with van der Waals surface area (Å²) in [5, 5.41) is 3.19. The predicted molar refractivity (Wildman–Crippen MR) is 105 cm³/mol. The standard InChI is InChI=1S/C19H15NOS3/c1-12-17-14(13-7-4-3-5-8-13)11-15(16-9-6-10-22-16)20-18(17)23-19(12)24(2)21/h3-11H,1-2H3. The highest BCUT2D eigenvalue weighted by molar-refractivity contribution is 7.86. The van der Waals surface area contributed by atoms with Crippen molar-refractivity contribution in [2.75, 3.05) is 6.26 Å². The predicted octanol–water partition coefficient (Wildman–Crippen LogP) is 5.74. The third-order valence-corrected chi connectivity index (χ3v) is 7.63. The Kier molecular flexibility index (Phi) is 4.08. The fourth-order valence-corrected chi connectivity index (χ4v) is 5.76. The Morgan fingerprint density at radius 1 is 1.08 bits per heavy atom. The van der Waals surface area contributed by atoms with Gasteiger partial charge in [-0.05, 0) is 41.1 Å². The van der Waals surface area contributed by atoms with Crippen LogP contribution < -0.4 is 0 Å². The van der Waals surface area contributed by atoms with Crippen molar-refractivity contribution in [3.63, 3.8) is 0 Å². The lowest BCUT2D eigenvalue weighted by Crippen LogP contribution is -1.88. The van der Waals surface area contributed by atoms with Gasteiger partial charge in [0, 0.05) is 11.6 Å². The first-order chi connectivity index (χ1) is 11.6. The first-order valence-electron chi connectivity index (χ1n) is 7.52. The van der Waals surface area contributed by atoms with Gasteiger partial charge in [-0.15, -0.1) is 22.7 Å². The number of hydrogen-bond donors (Lipinski definition) is 0. The van der Waals surface area contributed by atoms with Crippen LogP contribution in [0.1, 0.15) is 5.56 Å². The first-order valence-corrected chi connectivity index (χ1v) is 10.8. The summed E-state index contributed by atoms with van der Waals surface area (Å²) in [7, 11) is -1.00. The largest absolute Gasteiger partial charge is 0.254 e. The summed E-state index contributed by atoms with van der Waals surface area (Å²) in [6, 6.07) is 16.6. The van der Waals surface area contributed by atoms with Crippen LogP contribution in [0.3, 0.4) is 0 Å². The molecule has 0 aliphatic rings. The summed E-state index contributed by atoms with van der Waals surface area (Å²) in [5.41, 5.74) is 4.39. The highest BCUT2D eigenvalue weighted by Crippen LogP contribution is 2.40. The van der Waals surface area contributed by atoms with Gasteiger partial charge in [0.2, 0.25) is 0 Å². The zero-order chi connectivity index (χ0) is 16.7. The van der Waals surface area contributed by atoms with Crippen molar-refractivity contribution >= 4 is 43.7 Å². The van der Waals surface area contributed by atoms with E-state index < -0.39 is 10.8 Å². The van der Waals surface area contributed by atoms with E-state index in [9.17, 15) is 4.21 Å². The summed E-state index contributed by atoms with van der Waals surface area (Å²) >= 11 is 3.23. The minimum absolute atomic E-state index is 0.915. The van der Waals surface area contributed by atoms with Crippen molar-refractivity contribution < 1.29 is 4.21 Å². The number of thiophene rings is 2. The molecule has 24 heavy (non-hydrogen) atoms. The number of aromatic nitrogens is 1. The van der Waals surface area contributed by atoms with Gasteiger partial charge in [0.15, 0.2) is 0 Å². The van der Waals surface area contributed by atoms with Gasteiger partial charge in [0.25, 0.3) is 0 Å². The van der Waals surface area contributed by atoms with E-state index in [-0.39, 0.29) is 0 Å². The van der Waals surface area contributed by atoms with Crippen molar-refractivity contribution in [2.45, 2.75) is 11.1 Å². The van der Waals surface area contributed by atoms with E-state index in [2.05, 4.69) is 36.6 Å². The molecule has 1 atom stereocenters. The summed E-state index contributed by atoms with van der Waals surface area (Å²) < 4.78 is 13.0. The molecule has 0 spiro atoms. The third-order valence-electron chi connectivity index (χ3n) is 3.98. The second-order valence-electron chi connectivity index (χ2n) is 5.55. The number of pyridine rings is 1. The molecule has 0 aliphatic heterocycles. The highest BCUT2D eigenvalue weighted by atomic mass is 32.2. The normalized spacial score (nSPS) is 12.6. The fourth-order valence-electron chi connectivity index (χ4n) is 2.89. The van der Waals surface area contributed by atoms with Crippen LogP contribution in [-0.2, 0) is 10.8 Å². The Hall–Kier alpha value is -1.82. The monoisotopic (exact) mass is 369 g/mol. The molecule has 1 aromatic carbocycles. The van der Waals surface area contributed by atoms with Gasteiger partial charge >= 0.3 is 0 Å². The van der Waals surface area contributed by atoms with Crippen LogP contribution in [-0.4, -0.2) is 15.4 Å². The number of benzene rings is 1. The lowest BCUT2D eigenvalue weighted by molar-refractivity contribution is 0.688. The van der Waals surface area contributed by atoms with E-state index in [1.807, 2.05) is 24.3 Å². The van der Waals surface area contributed by atoms with Crippen LogP contribution in [0.4, 0.5) is 0 Å². The molecule has 4 rings (SSSR count). The Morgan fingerprint density at radius 3 is 2.54 bits per heavy atom. The average molecular weight is 370 g/mol. The SMILES string of the molecule is Cc1c(S(C)=O)sc2nc(-c3cccs3)cc(-c3ccccc3)c12. The lowest BCUT2D eigenvalue weighted by Gasteiger charge is -2.08. The quantitative estimate of drug-likeness (QED) is 0.461. The van der Waals surface area contributed by atoms with Crippen LogP contribution in [0, 0.1) is 6.92 Å². The lowest BCUT2D eigenvalue weighted by atomic mass is 10.0. The number of rotatable bonds is 3. The summed E-state index contributed by atoms with van der Waals surface area (Å²) in [4.78, 5) is 6.97. The van der Waals surface area contributed by atoms with Crippen molar-refractivity contribution in [2.24, 2.45) is 0 Å².